The predicted octanol–water partition coefficient (Wildman–Crippen LogP) is 1.67. The first-order valence-electron chi connectivity index (χ1n) is 7.90. The highest BCUT2D eigenvalue weighted by atomic mass is 16.6. The van der Waals surface area contributed by atoms with Crippen molar-refractivity contribution in [2.45, 2.75) is 19.1 Å². The van der Waals surface area contributed by atoms with Crippen LogP contribution >= 0.6 is 0 Å². The van der Waals surface area contributed by atoms with Crippen molar-refractivity contribution in [3.63, 3.8) is 0 Å². The van der Waals surface area contributed by atoms with Gasteiger partial charge in [0, 0.05) is 26.2 Å². The van der Waals surface area contributed by atoms with Crippen molar-refractivity contribution in [2.75, 3.05) is 40.0 Å². The fraction of sp³-hybridized carbons (Fsp3) is 0.588. The zero-order valence-corrected chi connectivity index (χ0v) is 13.5. The molecule has 0 bridgehead atoms. The number of hydrogen-bond acceptors (Lipinski definition) is 5. The smallest absolute Gasteiger partial charge is 0.410 e. The average Bonchev–Trinajstić information content (AvgIpc) is 2.60. The highest BCUT2D eigenvalue weighted by molar-refractivity contribution is 5.67. The first kappa shape index (κ1) is 17.7. The van der Waals surface area contributed by atoms with Crippen LogP contribution in [0, 0.1) is 5.92 Å². The Morgan fingerprint density at radius 3 is 2.74 bits per heavy atom. The largest absolute Gasteiger partial charge is 0.445 e. The number of benzene rings is 1. The summed E-state index contributed by atoms with van der Waals surface area (Å²) < 4.78 is 16.0. The van der Waals surface area contributed by atoms with Gasteiger partial charge in [-0.3, -0.25) is 0 Å². The fourth-order valence-corrected chi connectivity index (χ4v) is 2.66. The number of rotatable bonds is 7. The minimum Gasteiger partial charge on any atom is -0.445 e. The van der Waals surface area contributed by atoms with Gasteiger partial charge >= 0.3 is 6.09 Å². The Bertz CT molecular complexity index is 467. The lowest BCUT2D eigenvalue weighted by Gasteiger charge is -2.36. The van der Waals surface area contributed by atoms with E-state index in [-0.39, 0.29) is 31.3 Å². The molecule has 0 aromatic heterocycles. The summed E-state index contributed by atoms with van der Waals surface area (Å²) in [5.41, 5.74) is 0.949. The minimum atomic E-state index is -0.368. The van der Waals surface area contributed by atoms with Crippen LogP contribution in [0.4, 0.5) is 4.79 Å². The van der Waals surface area contributed by atoms with E-state index >= 15 is 0 Å². The molecule has 2 atom stereocenters. The van der Waals surface area contributed by atoms with Gasteiger partial charge in [-0.1, -0.05) is 30.3 Å². The molecule has 2 unspecified atom stereocenters. The molecular formula is C17H25NO5. The molecule has 0 spiro atoms. The second-order valence-corrected chi connectivity index (χ2v) is 5.72. The molecule has 0 radical (unpaired) electrons. The number of aliphatic hydroxyl groups is 1. The number of carbonyl (C=O) groups is 1. The third kappa shape index (κ3) is 5.82. The molecule has 1 aromatic carbocycles. The van der Waals surface area contributed by atoms with Gasteiger partial charge in [-0.2, -0.15) is 0 Å². The first-order valence-corrected chi connectivity index (χ1v) is 7.90. The summed E-state index contributed by atoms with van der Waals surface area (Å²) in [5, 5.41) is 9.43. The molecule has 1 N–H and O–H groups in total. The van der Waals surface area contributed by atoms with Gasteiger partial charge in [0.05, 0.1) is 25.9 Å². The Labute approximate surface area is 136 Å². The van der Waals surface area contributed by atoms with Gasteiger partial charge in [0.1, 0.15) is 6.61 Å². The van der Waals surface area contributed by atoms with E-state index in [1.165, 1.54) is 0 Å². The Kier molecular flexibility index (Phi) is 7.32. The summed E-state index contributed by atoms with van der Waals surface area (Å²) in [6.45, 7) is 2.24. The third-order valence-corrected chi connectivity index (χ3v) is 3.86. The van der Waals surface area contributed by atoms with Crippen LogP contribution in [0.25, 0.3) is 0 Å². The van der Waals surface area contributed by atoms with Crippen LogP contribution in [-0.4, -0.2) is 62.2 Å². The summed E-state index contributed by atoms with van der Waals surface area (Å²) in [7, 11) is 1.62. The third-order valence-electron chi connectivity index (χ3n) is 3.86. The van der Waals surface area contributed by atoms with Gasteiger partial charge in [-0.15, -0.1) is 0 Å². The summed E-state index contributed by atoms with van der Waals surface area (Å²) in [6.07, 6.45) is 0.274. The van der Waals surface area contributed by atoms with E-state index < -0.39 is 0 Å². The number of hydrogen-bond donors (Lipinski definition) is 1. The predicted molar refractivity (Wildman–Crippen MR) is 85.0 cm³/mol. The lowest BCUT2D eigenvalue weighted by atomic mass is 9.97. The topological polar surface area (TPSA) is 68.2 Å². The number of likely N-dealkylation sites (tertiary alicyclic amines) is 1. The van der Waals surface area contributed by atoms with Crippen molar-refractivity contribution in [1.82, 2.24) is 4.90 Å². The van der Waals surface area contributed by atoms with Gasteiger partial charge in [0.25, 0.3) is 0 Å². The van der Waals surface area contributed by atoms with Gasteiger partial charge in [-0.25, -0.2) is 4.79 Å². The second-order valence-electron chi connectivity index (χ2n) is 5.72. The minimum absolute atomic E-state index is 0.0144. The molecule has 1 saturated heterocycles. The average molecular weight is 323 g/mol. The van der Waals surface area contributed by atoms with Crippen LogP contribution in [0.2, 0.25) is 0 Å². The monoisotopic (exact) mass is 323 g/mol. The van der Waals surface area contributed by atoms with E-state index in [0.717, 1.165) is 12.0 Å². The summed E-state index contributed by atoms with van der Waals surface area (Å²) >= 11 is 0. The molecule has 0 aliphatic carbocycles. The van der Waals surface area contributed by atoms with Crippen molar-refractivity contribution in [3.05, 3.63) is 35.9 Å². The second kappa shape index (κ2) is 9.50. The summed E-state index contributed by atoms with van der Waals surface area (Å²) in [4.78, 5) is 13.9. The number of methoxy groups -OCH3 is 1. The van der Waals surface area contributed by atoms with E-state index in [1.807, 2.05) is 30.3 Å². The highest BCUT2D eigenvalue weighted by Gasteiger charge is 2.31. The van der Waals surface area contributed by atoms with Crippen molar-refractivity contribution in [1.29, 1.82) is 0 Å². The molecule has 6 nitrogen and oxygen atoms in total. The Hall–Kier alpha value is -1.63. The van der Waals surface area contributed by atoms with E-state index in [0.29, 0.717) is 26.3 Å². The number of amides is 1. The zero-order valence-electron chi connectivity index (χ0n) is 13.5. The maximum Gasteiger partial charge on any atom is 0.410 e. The van der Waals surface area contributed by atoms with Crippen molar-refractivity contribution >= 4 is 6.09 Å². The van der Waals surface area contributed by atoms with E-state index in [1.54, 1.807) is 12.0 Å². The number of carbonyl (C=O) groups excluding carboxylic acids is 1. The molecule has 1 heterocycles. The number of nitrogens with zero attached hydrogens (tertiary/aromatic N) is 1. The SMILES string of the molecule is COCCOC1CC(CO)CN(C(=O)OCc2ccccc2)C1. The van der Waals surface area contributed by atoms with Crippen LogP contribution in [0.5, 0.6) is 0 Å². The Balaban J connectivity index is 1.84. The summed E-state index contributed by atoms with van der Waals surface area (Å²) in [5.74, 6) is 0.0144. The van der Waals surface area contributed by atoms with Crippen LogP contribution in [-0.2, 0) is 20.8 Å². The maximum atomic E-state index is 12.3. The van der Waals surface area contributed by atoms with Gasteiger partial charge in [-0.05, 0) is 12.0 Å². The van der Waals surface area contributed by atoms with Crippen molar-refractivity contribution < 1.29 is 24.1 Å². The first-order chi connectivity index (χ1) is 11.2. The Morgan fingerprint density at radius 1 is 1.26 bits per heavy atom. The molecule has 6 heteroatoms. The Morgan fingerprint density at radius 2 is 2.04 bits per heavy atom. The highest BCUT2D eigenvalue weighted by Crippen LogP contribution is 2.20. The lowest BCUT2D eigenvalue weighted by Crippen LogP contribution is -2.48. The van der Waals surface area contributed by atoms with E-state index in [4.69, 9.17) is 14.2 Å². The molecule has 23 heavy (non-hydrogen) atoms. The molecule has 2 rings (SSSR count). The van der Waals surface area contributed by atoms with Crippen molar-refractivity contribution in [2.24, 2.45) is 5.92 Å². The molecule has 1 aliphatic heterocycles. The van der Waals surface area contributed by atoms with Crippen LogP contribution in [0.3, 0.4) is 0 Å². The molecule has 0 saturated carbocycles. The molecule has 128 valence electrons. The van der Waals surface area contributed by atoms with E-state index in [9.17, 15) is 9.90 Å². The van der Waals surface area contributed by atoms with Gasteiger partial charge in [0.15, 0.2) is 0 Å². The zero-order chi connectivity index (χ0) is 16.5. The van der Waals surface area contributed by atoms with Gasteiger partial charge in [0.2, 0.25) is 0 Å². The fourth-order valence-electron chi connectivity index (χ4n) is 2.66. The normalized spacial score (nSPS) is 21.2. The standard InChI is InChI=1S/C17H25NO5/c1-21-7-8-22-16-9-15(12-19)10-18(11-16)17(20)23-13-14-5-3-2-4-6-14/h2-6,15-16,19H,7-13H2,1H3. The van der Waals surface area contributed by atoms with Crippen molar-refractivity contribution in [3.8, 4) is 0 Å². The maximum absolute atomic E-state index is 12.3. The number of piperidine rings is 1. The number of ether oxygens (including phenoxy) is 3. The molecule has 1 aromatic rings. The molecule has 1 amide bonds. The quantitative estimate of drug-likeness (QED) is 0.773. The molecule has 1 aliphatic rings. The molecular weight excluding hydrogens is 298 g/mol. The van der Waals surface area contributed by atoms with Crippen LogP contribution in [0.1, 0.15) is 12.0 Å². The number of aliphatic hydroxyl groups excluding tert-OH is 1. The molecule has 1 fully saturated rings. The summed E-state index contributed by atoms with van der Waals surface area (Å²) in [6, 6.07) is 9.56. The van der Waals surface area contributed by atoms with Crippen LogP contribution in [0.15, 0.2) is 30.3 Å². The van der Waals surface area contributed by atoms with Gasteiger partial charge < -0.3 is 24.2 Å². The lowest BCUT2D eigenvalue weighted by molar-refractivity contribution is -0.0421. The van der Waals surface area contributed by atoms with Crippen LogP contribution < -0.4 is 0 Å². The van der Waals surface area contributed by atoms with E-state index in [2.05, 4.69) is 0 Å².